The van der Waals surface area contributed by atoms with Crippen LogP contribution >= 0.6 is 15.9 Å². The van der Waals surface area contributed by atoms with Crippen LogP contribution < -0.4 is 0 Å². The van der Waals surface area contributed by atoms with E-state index in [0.717, 1.165) is 26.1 Å². The third-order valence-corrected chi connectivity index (χ3v) is 5.55. The normalized spacial score (nSPS) is 35.1. The lowest BCUT2D eigenvalue weighted by Crippen LogP contribution is -2.46. The molecule has 3 heteroatoms. The zero-order chi connectivity index (χ0) is 14.9. The summed E-state index contributed by atoms with van der Waals surface area (Å²) in [5.74, 6) is -0.395. The highest BCUT2D eigenvalue weighted by Gasteiger charge is 2.39. The van der Waals surface area contributed by atoms with Crippen molar-refractivity contribution in [2.24, 2.45) is 10.8 Å². The Morgan fingerprint density at radius 3 is 2.30 bits per heavy atom. The van der Waals surface area contributed by atoms with Gasteiger partial charge in [0.2, 0.25) is 0 Å². The lowest BCUT2D eigenvalue weighted by molar-refractivity contribution is -0.293. The van der Waals surface area contributed by atoms with Crippen LogP contribution in [0, 0.1) is 10.8 Å². The van der Waals surface area contributed by atoms with Crippen molar-refractivity contribution in [1.82, 2.24) is 0 Å². The van der Waals surface area contributed by atoms with Gasteiger partial charge in [-0.05, 0) is 43.0 Å². The Morgan fingerprint density at radius 2 is 1.70 bits per heavy atom. The maximum absolute atomic E-state index is 6.03. The van der Waals surface area contributed by atoms with Crippen LogP contribution in [0.4, 0.5) is 0 Å². The summed E-state index contributed by atoms with van der Waals surface area (Å²) in [5, 5.41) is 0. The molecule has 1 aliphatic heterocycles. The zero-order valence-electron chi connectivity index (χ0n) is 13.4. The second-order valence-corrected chi connectivity index (χ2v) is 8.24. The van der Waals surface area contributed by atoms with Crippen molar-refractivity contribution in [3.05, 3.63) is 10.6 Å². The number of hydrogen-bond acceptors (Lipinski definition) is 2. The van der Waals surface area contributed by atoms with Gasteiger partial charge in [-0.25, -0.2) is 0 Å². The van der Waals surface area contributed by atoms with Gasteiger partial charge in [-0.15, -0.1) is 0 Å². The molecule has 1 atom stereocenters. The third kappa shape index (κ3) is 3.86. The summed E-state index contributed by atoms with van der Waals surface area (Å²) in [6, 6.07) is 0. The zero-order valence-corrected chi connectivity index (χ0v) is 15.0. The van der Waals surface area contributed by atoms with E-state index in [1.165, 1.54) is 25.7 Å². The molecule has 20 heavy (non-hydrogen) atoms. The lowest BCUT2D eigenvalue weighted by atomic mass is 9.69. The molecule has 0 bridgehead atoms. The Labute approximate surface area is 132 Å². The highest BCUT2D eigenvalue weighted by molar-refractivity contribution is 9.11. The first-order chi connectivity index (χ1) is 9.29. The van der Waals surface area contributed by atoms with E-state index in [-0.39, 0.29) is 5.41 Å². The van der Waals surface area contributed by atoms with Gasteiger partial charge in [0.05, 0.1) is 13.2 Å². The van der Waals surface area contributed by atoms with E-state index in [0.29, 0.717) is 5.41 Å². The molecule has 1 saturated carbocycles. The van der Waals surface area contributed by atoms with Gasteiger partial charge in [0.15, 0.2) is 5.79 Å². The van der Waals surface area contributed by atoms with Crippen LogP contribution in [0.1, 0.15) is 66.2 Å². The van der Waals surface area contributed by atoms with E-state index < -0.39 is 5.79 Å². The predicted molar refractivity (Wildman–Crippen MR) is 86.9 cm³/mol. The number of hydrogen-bond donors (Lipinski definition) is 0. The summed E-state index contributed by atoms with van der Waals surface area (Å²) in [4.78, 5) is 2.15. The molecule has 0 aromatic rings. The molecule has 1 heterocycles. The molecule has 0 unspecified atom stereocenters. The molecule has 0 N–H and O–H groups in total. The van der Waals surface area contributed by atoms with Gasteiger partial charge in [-0.1, -0.05) is 48.7 Å². The van der Waals surface area contributed by atoms with Crippen LogP contribution in [0.3, 0.4) is 0 Å². The van der Waals surface area contributed by atoms with Crippen molar-refractivity contribution in [3.8, 4) is 0 Å². The van der Waals surface area contributed by atoms with Crippen molar-refractivity contribution >= 4 is 15.9 Å². The van der Waals surface area contributed by atoms with Crippen LogP contribution in [-0.2, 0) is 9.47 Å². The Morgan fingerprint density at radius 1 is 1.05 bits per heavy atom. The van der Waals surface area contributed by atoms with Gasteiger partial charge in [0.1, 0.15) is 0 Å². The van der Waals surface area contributed by atoms with Crippen molar-refractivity contribution in [2.75, 3.05) is 13.2 Å². The molecule has 1 saturated heterocycles. The highest BCUT2D eigenvalue weighted by Crippen LogP contribution is 2.46. The average molecular weight is 345 g/mol. The summed E-state index contributed by atoms with van der Waals surface area (Å²) < 4.78 is 12.1. The first-order valence-corrected chi connectivity index (χ1v) is 8.78. The van der Waals surface area contributed by atoms with Crippen molar-refractivity contribution in [2.45, 2.75) is 72.0 Å². The molecule has 0 radical (unpaired) electrons. The minimum atomic E-state index is -0.395. The summed E-state index contributed by atoms with van der Waals surface area (Å²) in [7, 11) is 0. The van der Waals surface area contributed by atoms with Crippen molar-refractivity contribution in [3.63, 3.8) is 0 Å². The van der Waals surface area contributed by atoms with Gasteiger partial charge in [-0.3, -0.25) is 0 Å². The van der Waals surface area contributed by atoms with E-state index in [1.807, 2.05) is 0 Å². The average Bonchev–Trinajstić information content (AvgIpc) is 2.41. The van der Waals surface area contributed by atoms with E-state index in [9.17, 15) is 0 Å². The first kappa shape index (κ1) is 16.5. The molecule has 116 valence electrons. The number of rotatable bonds is 3. The predicted octanol–water partition coefficient (Wildman–Crippen LogP) is 5.41. The molecule has 2 aliphatic rings. The summed E-state index contributed by atoms with van der Waals surface area (Å²) in [6.45, 7) is 10.5. The lowest BCUT2D eigenvalue weighted by Gasteiger charge is -2.44. The van der Waals surface area contributed by atoms with Gasteiger partial charge in [0.25, 0.3) is 0 Å². The third-order valence-electron chi connectivity index (χ3n) is 5.00. The fraction of sp³-hybridized carbons (Fsp3) is 0.882. The second kappa shape index (κ2) is 6.10. The SMILES string of the molecule is CC1(C)COC(C)(CC[C@@]2(C)CCCC/C2=C\Br)OC1. The quantitative estimate of drug-likeness (QED) is 0.680. The fourth-order valence-corrected chi connectivity index (χ4v) is 3.97. The van der Waals surface area contributed by atoms with E-state index >= 15 is 0 Å². The van der Waals surface area contributed by atoms with Crippen LogP contribution in [0.2, 0.25) is 0 Å². The molecule has 2 fully saturated rings. The smallest absolute Gasteiger partial charge is 0.165 e. The van der Waals surface area contributed by atoms with Crippen molar-refractivity contribution in [1.29, 1.82) is 0 Å². The molecule has 0 spiro atoms. The fourth-order valence-electron chi connectivity index (χ4n) is 3.19. The summed E-state index contributed by atoms with van der Waals surface area (Å²) in [5.41, 5.74) is 2.02. The largest absolute Gasteiger partial charge is 0.350 e. The Hall–Kier alpha value is 0.140. The van der Waals surface area contributed by atoms with E-state index in [4.69, 9.17) is 9.47 Å². The van der Waals surface area contributed by atoms with Gasteiger partial charge >= 0.3 is 0 Å². The van der Waals surface area contributed by atoms with Crippen molar-refractivity contribution < 1.29 is 9.47 Å². The summed E-state index contributed by atoms with van der Waals surface area (Å²) >= 11 is 3.56. The van der Waals surface area contributed by atoms with Gasteiger partial charge < -0.3 is 9.47 Å². The molecular weight excluding hydrogens is 316 g/mol. The molecule has 2 rings (SSSR count). The molecule has 0 amide bonds. The van der Waals surface area contributed by atoms with E-state index in [1.54, 1.807) is 5.57 Å². The maximum Gasteiger partial charge on any atom is 0.165 e. The molecule has 0 aromatic carbocycles. The van der Waals surface area contributed by atoms with Gasteiger partial charge in [0, 0.05) is 11.8 Å². The van der Waals surface area contributed by atoms with Gasteiger partial charge in [-0.2, -0.15) is 0 Å². The molecule has 0 aromatic heterocycles. The van der Waals surface area contributed by atoms with Crippen LogP contribution in [0.25, 0.3) is 0 Å². The topological polar surface area (TPSA) is 18.5 Å². The molecule has 1 aliphatic carbocycles. The second-order valence-electron chi connectivity index (χ2n) is 7.78. The number of ether oxygens (including phenoxy) is 2. The first-order valence-electron chi connectivity index (χ1n) is 7.86. The highest BCUT2D eigenvalue weighted by atomic mass is 79.9. The number of allylic oxidation sites excluding steroid dienone is 1. The molecule has 2 nitrogen and oxygen atoms in total. The number of halogens is 1. The Balaban J connectivity index is 1.94. The van der Waals surface area contributed by atoms with Crippen LogP contribution in [0.5, 0.6) is 0 Å². The maximum atomic E-state index is 6.03. The van der Waals surface area contributed by atoms with Crippen LogP contribution in [0.15, 0.2) is 10.6 Å². The van der Waals surface area contributed by atoms with Crippen LogP contribution in [-0.4, -0.2) is 19.0 Å². The Kier molecular flexibility index (Phi) is 5.03. The molecular formula is C17H29BrO2. The minimum absolute atomic E-state index is 0.148. The summed E-state index contributed by atoms with van der Waals surface area (Å²) in [6.07, 6.45) is 7.29. The van der Waals surface area contributed by atoms with E-state index in [2.05, 4.69) is 48.6 Å². The standard InChI is InChI=1S/C17H29BrO2/c1-15(2)12-19-17(4,20-13-15)10-9-16(3)8-6-5-7-14(16)11-18/h11H,5-10,12-13H2,1-4H3/b14-11+/t16-/m1/s1. The Bertz CT molecular complexity index is 365. The monoisotopic (exact) mass is 344 g/mol. The minimum Gasteiger partial charge on any atom is -0.350 e.